The Balaban J connectivity index is 1.29. The molecule has 174 valence electrons. The maximum atomic E-state index is 14.6. The third-order valence-corrected chi connectivity index (χ3v) is 4.84. The fourth-order valence-electron chi connectivity index (χ4n) is 3.22. The Morgan fingerprint density at radius 3 is 2.34 bits per heavy atom. The van der Waals surface area contributed by atoms with E-state index in [1.54, 1.807) is 47.5 Å². The van der Waals surface area contributed by atoms with E-state index in [0.29, 0.717) is 22.6 Å². The van der Waals surface area contributed by atoms with Crippen LogP contribution in [0.5, 0.6) is 11.5 Å². The van der Waals surface area contributed by atoms with Gasteiger partial charge in [-0.25, -0.2) is 27.6 Å². The number of ether oxygens (including phenoxy) is 1. The molecule has 0 saturated heterocycles. The highest BCUT2D eigenvalue weighted by molar-refractivity contribution is 5.99. The fourth-order valence-corrected chi connectivity index (χ4v) is 3.22. The van der Waals surface area contributed by atoms with Crippen LogP contribution in [0.3, 0.4) is 0 Å². The Kier molecular flexibility index (Phi) is 5.71. The first kappa shape index (κ1) is 21.9. The molecule has 0 bridgehead atoms. The van der Waals surface area contributed by atoms with Crippen LogP contribution in [0.2, 0.25) is 0 Å². The lowest BCUT2D eigenvalue weighted by atomic mass is 10.2. The third-order valence-electron chi connectivity index (χ3n) is 4.84. The lowest BCUT2D eigenvalue weighted by molar-refractivity contribution is 0.262. The zero-order valence-electron chi connectivity index (χ0n) is 17.7. The Bertz CT molecular complexity index is 1540. The van der Waals surface area contributed by atoms with E-state index in [9.17, 15) is 18.0 Å². The number of anilines is 2. The second-order valence-electron chi connectivity index (χ2n) is 7.28. The molecule has 0 aliphatic rings. The van der Waals surface area contributed by atoms with Crippen molar-refractivity contribution < 1.29 is 22.7 Å². The van der Waals surface area contributed by atoms with E-state index < -0.39 is 23.5 Å². The topological polar surface area (TPSA) is 94.0 Å². The van der Waals surface area contributed by atoms with Gasteiger partial charge in [0, 0.05) is 42.0 Å². The van der Waals surface area contributed by atoms with Crippen molar-refractivity contribution in [3.05, 3.63) is 96.7 Å². The Morgan fingerprint density at radius 1 is 0.857 bits per heavy atom. The summed E-state index contributed by atoms with van der Waals surface area (Å²) < 4.78 is 48.2. The quantitative estimate of drug-likeness (QED) is 0.341. The first-order valence-corrected chi connectivity index (χ1v) is 10.2. The second-order valence-corrected chi connectivity index (χ2v) is 7.28. The monoisotopic (exact) mass is 476 g/mol. The van der Waals surface area contributed by atoms with E-state index in [0.717, 1.165) is 18.2 Å². The molecule has 0 aliphatic carbocycles. The average Bonchev–Trinajstić information content (AvgIpc) is 3.38. The SMILES string of the molecule is O=C(Nc1ccc(F)c(F)c1)Nc1ccc(Oc2ccc3ncc(-n4cccn4)nc3c2)c(F)c1. The van der Waals surface area contributed by atoms with Gasteiger partial charge in [0.2, 0.25) is 0 Å². The number of hydrogen-bond donors (Lipinski definition) is 2. The molecular weight excluding hydrogens is 461 g/mol. The first-order chi connectivity index (χ1) is 16.9. The number of rotatable bonds is 5. The van der Waals surface area contributed by atoms with Crippen molar-refractivity contribution in [2.45, 2.75) is 0 Å². The van der Waals surface area contributed by atoms with E-state index in [1.807, 2.05) is 0 Å². The minimum atomic E-state index is -1.10. The van der Waals surface area contributed by atoms with Crippen LogP contribution in [0.1, 0.15) is 0 Å². The Morgan fingerprint density at radius 2 is 1.63 bits per heavy atom. The highest BCUT2D eigenvalue weighted by Crippen LogP contribution is 2.28. The van der Waals surface area contributed by atoms with Crippen LogP contribution in [0.25, 0.3) is 16.9 Å². The van der Waals surface area contributed by atoms with Gasteiger partial charge in [-0.3, -0.25) is 4.98 Å². The summed E-state index contributed by atoms with van der Waals surface area (Å²) in [7, 11) is 0. The number of amides is 2. The number of nitrogens with zero attached hydrogens (tertiary/aromatic N) is 4. The minimum Gasteiger partial charge on any atom is -0.454 e. The molecule has 35 heavy (non-hydrogen) atoms. The summed E-state index contributed by atoms with van der Waals surface area (Å²) in [5.41, 5.74) is 1.32. The number of urea groups is 1. The largest absolute Gasteiger partial charge is 0.454 e. The number of aromatic nitrogens is 4. The van der Waals surface area contributed by atoms with Crippen LogP contribution < -0.4 is 15.4 Å². The Hall–Kier alpha value is -4.93. The molecule has 0 aliphatic heterocycles. The molecule has 0 radical (unpaired) electrons. The first-order valence-electron chi connectivity index (χ1n) is 10.2. The fraction of sp³-hybridized carbons (Fsp3) is 0. The van der Waals surface area contributed by atoms with Crippen molar-refractivity contribution in [1.29, 1.82) is 0 Å². The molecule has 5 rings (SSSR count). The number of halogens is 3. The molecule has 2 amide bonds. The van der Waals surface area contributed by atoms with Gasteiger partial charge in [0.25, 0.3) is 0 Å². The van der Waals surface area contributed by atoms with E-state index in [2.05, 4.69) is 25.7 Å². The lowest BCUT2D eigenvalue weighted by Crippen LogP contribution is -2.19. The summed E-state index contributed by atoms with van der Waals surface area (Å²) >= 11 is 0. The van der Waals surface area contributed by atoms with Crippen LogP contribution in [-0.2, 0) is 0 Å². The molecule has 0 spiro atoms. The summed E-state index contributed by atoms with van der Waals surface area (Å²) in [4.78, 5) is 20.9. The number of fused-ring (bicyclic) bond motifs is 1. The lowest BCUT2D eigenvalue weighted by Gasteiger charge is -2.11. The summed E-state index contributed by atoms with van der Waals surface area (Å²) in [6, 6.07) is 12.7. The van der Waals surface area contributed by atoms with Crippen molar-refractivity contribution >= 4 is 28.4 Å². The van der Waals surface area contributed by atoms with E-state index in [1.165, 1.54) is 18.2 Å². The molecule has 8 nitrogen and oxygen atoms in total. The summed E-state index contributed by atoms with van der Waals surface area (Å²) in [5, 5.41) is 8.87. The van der Waals surface area contributed by atoms with Gasteiger partial charge >= 0.3 is 6.03 Å². The van der Waals surface area contributed by atoms with E-state index in [-0.39, 0.29) is 17.1 Å². The number of benzene rings is 3. The molecule has 0 atom stereocenters. The second kappa shape index (κ2) is 9.14. The zero-order valence-corrected chi connectivity index (χ0v) is 17.7. The Labute approximate surface area is 196 Å². The van der Waals surface area contributed by atoms with Crippen molar-refractivity contribution in [2.24, 2.45) is 0 Å². The van der Waals surface area contributed by atoms with Crippen molar-refractivity contribution in [3.8, 4) is 17.3 Å². The maximum absolute atomic E-state index is 14.6. The van der Waals surface area contributed by atoms with Crippen LogP contribution in [0.4, 0.5) is 29.3 Å². The maximum Gasteiger partial charge on any atom is 0.323 e. The number of hydrogen-bond acceptors (Lipinski definition) is 5. The van der Waals surface area contributed by atoms with Crippen LogP contribution in [0.15, 0.2) is 79.3 Å². The highest BCUT2D eigenvalue weighted by Gasteiger charge is 2.11. The van der Waals surface area contributed by atoms with E-state index in [4.69, 9.17) is 4.74 Å². The average molecular weight is 476 g/mol. The van der Waals surface area contributed by atoms with Gasteiger partial charge in [-0.2, -0.15) is 5.10 Å². The van der Waals surface area contributed by atoms with Crippen LogP contribution >= 0.6 is 0 Å². The summed E-state index contributed by atoms with van der Waals surface area (Å²) in [6.45, 7) is 0. The minimum absolute atomic E-state index is 0.0388. The van der Waals surface area contributed by atoms with E-state index >= 15 is 0 Å². The van der Waals surface area contributed by atoms with Gasteiger partial charge in [-0.1, -0.05) is 0 Å². The molecule has 0 fully saturated rings. The molecule has 11 heteroatoms. The van der Waals surface area contributed by atoms with Crippen molar-refractivity contribution in [2.75, 3.05) is 10.6 Å². The molecule has 2 aromatic heterocycles. The van der Waals surface area contributed by atoms with Crippen LogP contribution in [-0.4, -0.2) is 25.8 Å². The number of carbonyl (C=O) groups is 1. The third kappa shape index (κ3) is 4.88. The standard InChI is InChI=1S/C24H15F3N6O2/c25-17-5-2-14(10-18(17)26)30-24(34)31-15-3-7-22(19(27)11-15)35-16-4-6-20-21(12-16)32-23(13-28-20)33-9-1-8-29-33/h1-13H,(H2,30,31,34). The highest BCUT2D eigenvalue weighted by atomic mass is 19.2. The molecule has 2 N–H and O–H groups in total. The smallest absolute Gasteiger partial charge is 0.323 e. The van der Waals surface area contributed by atoms with Gasteiger partial charge in [-0.05, 0) is 42.5 Å². The molecule has 0 saturated carbocycles. The number of carbonyl (C=O) groups excluding carboxylic acids is 1. The molecule has 3 aromatic carbocycles. The van der Waals surface area contributed by atoms with Gasteiger partial charge in [-0.15, -0.1) is 0 Å². The van der Waals surface area contributed by atoms with Gasteiger partial charge in [0.05, 0.1) is 17.2 Å². The zero-order chi connectivity index (χ0) is 24.4. The predicted octanol–water partition coefficient (Wildman–Crippen LogP) is 5.67. The van der Waals surface area contributed by atoms with Gasteiger partial charge in [0.15, 0.2) is 29.0 Å². The van der Waals surface area contributed by atoms with Gasteiger partial charge < -0.3 is 15.4 Å². The molecule has 5 aromatic rings. The number of nitrogens with one attached hydrogen (secondary N) is 2. The summed E-state index contributed by atoms with van der Waals surface area (Å²) in [6.07, 6.45) is 4.95. The van der Waals surface area contributed by atoms with Gasteiger partial charge in [0.1, 0.15) is 5.75 Å². The molecule has 2 heterocycles. The normalized spacial score (nSPS) is 10.8. The molecule has 0 unspecified atom stereocenters. The predicted molar refractivity (Wildman–Crippen MR) is 122 cm³/mol. The van der Waals surface area contributed by atoms with Crippen LogP contribution in [0, 0.1) is 17.5 Å². The summed E-state index contributed by atoms with van der Waals surface area (Å²) in [5.74, 6) is -2.10. The van der Waals surface area contributed by atoms with Crippen molar-refractivity contribution in [3.63, 3.8) is 0 Å². The molecular formula is C24H15F3N6O2. The van der Waals surface area contributed by atoms with Crippen molar-refractivity contribution in [1.82, 2.24) is 19.7 Å².